The van der Waals surface area contributed by atoms with Crippen molar-refractivity contribution < 1.29 is 13.5 Å². The van der Waals surface area contributed by atoms with Gasteiger partial charge in [0.05, 0.1) is 13.2 Å². The Morgan fingerprint density at radius 2 is 2.12 bits per heavy atom. The summed E-state index contributed by atoms with van der Waals surface area (Å²) < 4.78 is 24.5. The van der Waals surface area contributed by atoms with Crippen LogP contribution in [0.15, 0.2) is 40.3 Å². The van der Waals surface area contributed by atoms with Crippen molar-refractivity contribution in [3.8, 4) is 11.5 Å². The van der Waals surface area contributed by atoms with E-state index in [-0.39, 0.29) is 11.9 Å². The van der Waals surface area contributed by atoms with Crippen LogP contribution in [0.2, 0.25) is 0 Å². The molecule has 3 heterocycles. The number of thiazole rings is 1. The van der Waals surface area contributed by atoms with E-state index >= 15 is 0 Å². The molecule has 1 aliphatic rings. The first-order chi connectivity index (χ1) is 11.8. The van der Waals surface area contributed by atoms with Gasteiger partial charge in [-0.3, -0.25) is 4.90 Å². The molecule has 0 aliphatic carbocycles. The second kappa shape index (κ2) is 6.76. The molecule has 4 rings (SSSR count). The van der Waals surface area contributed by atoms with Gasteiger partial charge in [-0.25, -0.2) is 9.37 Å². The van der Waals surface area contributed by atoms with Crippen molar-refractivity contribution in [1.82, 2.24) is 20.1 Å². The average Bonchev–Trinajstić information content (AvgIpc) is 3.28. The molecule has 0 N–H and O–H groups in total. The molecule has 24 heavy (non-hydrogen) atoms. The topological polar surface area (TPSA) is 64.3 Å². The smallest absolute Gasteiger partial charge is 0.247 e. The molecular weight excluding hydrogens is 331 g/mol. The van der Waals surface area contributed by atoms with Crippen LogP contribution in [0.25, 0.3) is 11.5 Å². The summed E-state index contributed by atoms with van der Waals surface area (Å²) in [7, 11) is 0. The Labute approximate surface area is 141 Å². The van der Waals surface area contributed by atoms with Crippen molar-refractivity contribution in [3.05, 3.63) is 52.6 Å². The number of morpholine rings is 1. The molecule has 1 aliphatic heterocycles. The number of halogens is 1. The maximum Gasteiger partial charge on any atom is 0.247 e. The summed E-state index contributed by atoms with van der Waals surface area (Å²) in [6, 6.07) is 6.00. The van der Waals surface area contributed by atoms with Crippen LogP contribution in [-0.4, -0.2) is 39.8 Å². The lowest BCUT2D eigenvalue weighted by Crippen LogP contribution is -2.37. The number of hydrogen-bond donors (Lipinski definition) is 0. The number of aromatic nitrogens is 3. The highest BCUT2D eigenvalue weighted by atomic mass is 32.1. The number of rotatable bonds is 4. The van der Waals surface area contributed by atoms with E-state index in [4.69, 9.17) is 9.15 Å². The molecule has 8 heteroatoms. The fourth-order valence-electron chi connectivity index (χ4n) is 2.61. The summed E-state index contributed by atoms with van der Waals surface area (Å²) in [5.74, 6) is 0.642. The number of ether oxygens (including phenoxy) is 1. The fraction of sp³-hybridized carbons (Fsp3) is 0.312. The largest absolute Gasteiger partial charge is 0.419 e. The zero-order valence-electron chi connectivity index (χ0n) is 12.8. The lowest BCUT2D eigenvalue weighted by Gasteiger charge is -2.30. The van der Waals surface area contributed by atoms with Crippen LogP contribution in [0.3, 0.4) is 0 Å². The van der Waals surface area contributed by atoms with Gasteiger partial charge in [-0.1, -0.05) is 0 Å². The van der Waals surface area contributed by atoms with Crippen molar-refractivity contribution in [3.63, 3.8) is 0 Å². The van der Waals surface area contributed by atoms with E-state index in [2.05, 4.69) is 20.1 Å². The molecule has 0 unspecified atom stereocenters. The van der Waals surface area contributed by atoms with E-state index in [0.29, 0.717) is 30.5 Å². The van der Waals surface area contributed by atoms with E-state index in [0.717, 1.165) is 18.1 Å². The molecule has 124 valence electrons. The lowest BCUT2D eigenvalue weighted by molar-refractivity contribution is -0.0352. The van der Waals surface area contributed by atoms with Gasteiger partial charge < -0.3 is 9.15 Å². The molecule has 1 fully saturated rings. The molecule has 6 nitrogen and oxygen atoms in total. The van der Waals surface area contributed by atoms with Crippen molar-refractivity contribution in [1.29, 1.82) is 0 Å². The number of hydrogen-bond acceptors (Lipinski definition) is 7. The molecule has 0 spiro atoms. The normalized spacial score (nSPS) is 18.8. The van der Waals surface area contributed by atoms with Crippen molar-refractivity contribution in [2.45, 2.75) is 12.6 Å². The summed E-state index contributed by atoms with van der Waals surface area (Å²) in [4.78, 5) is 6.52. The van der Waals surface area contributed by atoms with Crippen LogP contribution >= 0.6 is 11.3 Å². The number of benzene rings is 1. The average molecular weight is 346 g/mol. The second-order valence-electron chi connectivity index (χ2n) is 5.47. The first kappa shape index (κ1) is 15.4. The van der Waals surface area contributed by atoms with E-state index in [1.807, 2.05) is 5.38 Å². The molecule has 0 amide bonds. The Morgan fingerprint density at radius 1 is 1.25 bits per heavy atom. The molecule has 0 bridgehead atoms. The van der Waals surface area contributed by atoms with Crippen LogP contribution in [0.5, 0.6) is 0 Å². The van der Waals surface area contributed by atoms with Gasteiger partial charge in [0, 0.05) is 30.2 Å². The van der Waals surface area contributed by atoms with Crippen molar-refractivity contribution in [2.24, 2.45) is 0 Å². The minimum absolute atomic E-state index is 0.0155. The second-order valence-corrected chi connectivity index (χ2v) is 6.40. The molecule has 2 aromatic heterocycles. The lowest BCUT2D eigenvalue weighted by atomic mass is 10.2. The summed E-state index contributed by atoms with van der Waals surface area (Å²) in [6.07, 6.45) is 1.77. The molecule has 0 saturated carbocycles. The SMILES string of the molecule is Fc1ccc(-c2nnc(CN3CCO[C@H](c4nccs4)C3)o2)cc1. The highest BCUT2D eigenvalue weighted by molar-refractivity contribution is 7.09. The Morgan fingerprint density at radius 3 is 2.92 bits per heavy atom. The highest BCUT2D eigenvalue weighted by Crippen LogP contribution is 2.25. The van der Waals surface area contributed by atoms with Gasteiger partial charge in [0.15, 0.2) is 0 Å². The third-order valence-electron chi connectivity index (χ3n) is 3.79. The Balaban J connectivity index is 1.43. The summed E-state index contributed by atoms with van der Waals surface area (Å²) >= 11 is 1.60. The summed E-state index contributed by atoms with van der Waals surface area (Å²) in [5.41, 5.74) is 0.706. The first-order valence-electron chi connectivity index (χ1n) is 7.59. The standard InChI is InChI=1S/C16H15FN4O2S/c17-12-3-1-11(2-4-12)15-20-19-14(23-15)10-21-6-7-22-13(9-21)16-18-5-8-24-16/h1-5,8,13H,6-7,9-10H2/t13-/m0/s1. The Kier molecular flexibility index (Phi) is 4.33. The minimum Gasteiger partial charge on any atom is -0.419 e. The van der Waals surface area contributed by atoms with Gasteiger partial charge in [0.1, 0.15) is 16.9 Å². The van der Waals surface area contributed by atoms with Crippen LogP contribution in [-0.2, 0) is 11.3 Å². The van der Waals surface area contributed by atoms with Crippen molar-refractivity contribution in [2.75, 3.05) is 19.7 Å². The molecular formula is C16H15FN4O2S. The maximum atomic E-state index is 13.0. The maximum absolute atomic E-state index is 13.0. The van der Waals surface area contributed by atoms with Crippen LogP contribution < -0.4 is 0 Å². The van der Waals surface area contributed by atoms with E-state index in [1.165, 1.54) is 12.1 Å². The van der Waals surface area contributed by atoms with E-state index < -0.39 is 0 Å². The monoisotopic (exact) mass is 346 g/mol. The number of nitrogens with zero attached hydrogens (tertiary/aromatic N) is 4. The predicted octanol–water partition coefficient (Wildman–Crippen LogP) is 2.91. The van der Waals surface area contributed by atoms with Crippen molar-refractivity contribution >= 4 is 11.3 Å². The summed E-state index contributed by atoms with van der Waals surface area (Å²) in [6.45, 7) is 2.74. The van der Waals surface area contributed by atoms with E-state index in [1.54, 1.807) is 29.7 Å². The highest BCUT2D eigenvalue weighted by Gasteiger charge is 2.25. The third kappa shape index (κ3) is 3.35. The van der Waals surface area contributed by atoms with Crippen LogP contribution in [0.1, 0.15) is 17.0 Å². The van der Waals surface area contributed by atoms with Gasteiger partial charge in [-0.15, -0.1) is 21.5 Å². The molecule has 3 aromatic rings. The Bertz CT molecular complexity index is 791. The minimum atomic E-state index is -0.292. The fourth-order valence-corrected chi connectivity index (χ4v) is 3.28. The Hall–Kier alpha value is -2.16. The quantitative estimate of drug-likeness (QED) is 0.724. The summed E-state index contributed by atoms with van der Waals surface area (Å²) in [5, 5.41) is 11.1. The zero-order chi connectivity index (χ0) is 16.4. The van der Waals surface area contributed by atoms with Gasteiger partial charge in [0.2, 0.25) is 11.8 Å². The molecule has 1 saturated heterocycles. The third-order valence-corrected chi connectivity index (χ3v) is 4.66. The first-order valence-corrected chi connectivity index (χ1v) is 8.47. The van der Waals surface area contributed by atoms with Gasteiger partial charge >= 0.3 is 0 Å². The molecule has 1 aromatic carbocycles. The zero-order valence-corrected chi connectivity index (χ0v) is 13.6. The van der Waals surface area contributed by atoms with Gasteiger partial charge in [-0.2, -0.15) is 0 Å². The van der Waals surface area contributed by atoms with E-state index in [9.17, 15) is 4.39 Å². The van der Waals surface area contributed by atoms with Gasteiger partial charge in [-0.05, 0) is 24.3 Å². The molecule has 1 atom stereocenters. The predicted molar refractivity (Wildman–Crippen MR) is 85.8 cm³/mol. The van der Waals surface area contributed by atoms with Crippen LogP contribution in [0, 0.1) is 5.82 Å². The van der Waals surface area contributed by atoms with Gasteiger partial charge in [0.25, 0.3) is 0 Å². The van der Waals surface area contributed by atoms with Crippen LogP contribution in [0.4, 0.5) is 4.39 Å². The molecule has 0 radical (unpaired) electrons.